The first-order valence-electron chi connectivity index (χ1n) is 8.61. The molecule has 2 atom stereocenters. The number of para-hydroxylation sites is 2. The molecule has 4 rings (SSSR count). The largest absolute Gasteiger partial charge is 0.465 e. The standard InChI is InChI=1S/C20H19N3O3/c1-3-26-19(25)16-17(13-10-8-12(2)9-11-13)23-15-7-5-4-6-14(15)21-20(23)22-18(16)24/h4-11,16-17H,3H2,1-2H3,(H,21,22,24)/t16-,17+/m0/s1. The smallest absolute Gasteiger partial charge is 0.321 e. The Balaban J connectivity index is 1.95. The average molecular weight is 349 g/mol. The molecule has 0 bridgehead atoms. The number of amides is 1. The molecule has 2 heterocycles. The number of ether oxygens (including phenoxy) is 1. The van der Waals surface area contributed by atoms with E-state index in [-0.39, 0.29) is 6.61 Å². The van der Waals surface area contributed by atoms with Crippen molar-refractivity contribution in [2.45, 2.75) is 19.9 Å². The zero-order chi connectivity index (χ0) is 18.3. The molecule has 0 unspecified atom stereocenters. The van der Waals surface area contributed by atoms with Crippen LogP contribution in [0, 0.1) is 12.8 Å². The van der Waals surface area contributed by atoms with E-state index in [1.165, 1.54) is 0 Å². The summed E-state index contributed by atoms with van der Waals surface area (Å²) in [5.74, 6) is -1.44. The van der Waals surface area contributed by atoms with E-state index in [4.69, 9.17) is 4.74 Å². The van der Waals surface area contributed by atoms with Crippen LogP contribution in [0.2, 0.25) is 0 Å². The van der Waals surface area contributed by atoms with E-state index >= 15 is 0 Å². The van der Waals surface area contributed by atoms with Gasteiger partial charge in [-0.25, -0.2) is 4.98 Å². The number of nitrogens with one attached hydrogen (secondary N) is 1. The van der Waals surface area contributed by atoms with Crippen LogP contribution in [0.4, 0.5) is 5.95 Å². The monoisotopic (exact) mass is 349 g/mol. The van der Waals surface area contributed by atoms with Gasteiger partial charge in [-0.1, -0.05) is 42.0 Å². The molecule has 0 saturated carbocycles. The van der Waals surface area contributed by atoms with Crippen molar-refractivity contribution >= 4 is 28.9 Å². The molecule has 0 saturated heterocycles. The quantitative estimate of drug-likeness (QED) is 0.583. The number of carbonyl (C=O) groups is 2. The summed E-state index contributed by atoms with van der Waals surface area (Å²) in [5, 5.41) is 2.76. The maximum absolute atomic E-state index is 12.7. The average Bonchev–Trinajstić information content (AvgIpc) is 2.99. The number of imidazole rings is 1. The molecule has 1 aromatic heterocycles. The topological polar surface area (TPSA) is 73.2 Å². The maximum Gasteiger partial charge on any atom is 0.321 e. The second-order valence-corrected chi connectivity index (χ2v) is 6.37. The number of benzene rings is 2. The molecule has 1 amide bonds. The molecule has 6 nitrogen and oxygen atoms in total. The van der Waals surface area contributed by atoms with E-state index < -0.39 is 23.8 Å². The van der Waals surface area contributed by atoms with Crippen LogP contribution in [-0.2, 0) is 14.3 Å². The molecule has 2 aromatic carbocycles. The first kappa shape index (κ1) is 16.3. The number of aromatic nitrogens is 2. The fourth-order valence-electron chi connectivity index (χ4n) is 3.47. The summed E-state index contributed by atoms with van der Waals surface area (Å²) < 4.78 is 7.12. The van der Waals surface area contributed by atoms with E-state index in [0.29, 0.717) is 5.95 Å². The van der Waals surface area contributed by atoms with Crippen molar-refractivity contribution in [1.82, 2.24) is 9.55 Å². The minimum atomic E-state index is -0.970. The van der Waals surface area contributed by atoms with E-state index in [1.54, 1.807) is 6.92 Å². The normalized spacial score (nSPS) is 19.1. The van der Waals surface area contributed by atoms with Gasteiger partial charge in [-0.05, 0) is 31.5 Å². The van der Waals surface area contributed by atoms with Gasteiger partial charge in [0.1, 0.15) is 0 Å². The van der Waals surface area contributed by atoms with E-state index in [9.17, 15) is 9.59 Å². The van der Waals surface area contributed by atoms with Crippen LogP contribution < -0.4 is 5.32 Å². The molecule has 132 valence electrons. The highest BCUT2D eigenvalue weighted by molar-refractivity contribution is 6.07. The molecular weight excluding hydrogens is 330 g/mol. The van der Waals surface area contributed by atoms with Gasteiger partial charge in [0.05, 0.1) is 23.7 Å². The minimum Gasteiger partial charge on any atom is -0.465 e. The van der Waals surface area contributed by atoms with Crippen LogP contribution in [0.1, 0.15) is 24.1 Å². The van der Waals surface area contributed by atoms with Crippen LogP contribution in [0.25, 0.3) is 11.0 Å². The van der Waals surface area contributed by atoms with Crippen molar-refractivity contribution in [2.75, 3.05) is 11.9 Å². The number of rotatable bonds is 3. The van der Waals surface area contributed by atoms with Gasteiger partial charge in [-0.15, -0.1) is 0 Å². The Hall–Kier alpha value is -3.15. The Morgan fingerprint density at radius 3 is 2.65 bits per heavy atom. The summed E-state index contributed by atoms with van der Waals surface area (Å²) in [6, 6.07) is 15.0. The lowest BCUT2D eigenvalue weighted by atomic mass is 9.90. The Bertz CT molecular complexity index is 991. The van der Waals surface area contributed by atoms with Crippen molar-refractivity contribution in [1.29, 1.82) is 0 Å². The summed E-state index contributed by atoms with van der Waals surface area (Å²) in [4.78, 5) is 29.9. The summed E-state index contributed by atoms with van der Waals surface area (Å²) in [6.45, 7) is 3.95. The zero-order valence-electron chi connectivity index (χ0n) is 14.6. The van der Waals surface area contributed by atoms with Gasteiger partial charge in [0.15, 0.2) is 5.92 Å². The fraction of sp³-hybridized carbons (Fsp3) is 0.250. The molecule has 1 aliphatic rings. The first-order chi connectivity index (χ1) is 12.6. The highest BCUT2D eigenvalue weighted by atomic mass is 16.5. The number of fused-ring (bicyclic) bond motifs is 3. The zero-order valence-corrected chi connectivity index (χ0v) is 14.6. The highest BCUT2D eigenvalue weighted by Crippen LogP contribution is 2.38. The van der Waals surface area contributed by atoms with Crippen LogP contribution in [0.15, 0.2) is 48.5 Å². The van der Waals surface area contributed by atoms with Crippen LogP contribution in [0.3, 0.4) is 0 Å². The van der Waals surface area contributed by atoms with Gasteiger partial charge in [0.25, 0.3) is 0 Å². The van der Waals surface area contributed by atoms with Gasteiger partial charge >= 0.3 is 5.97 Å². The Morgan fingerprint density at radius 1 is 1.19 bits per heavy atom. The Kier molecular flexibility index (Phi) is 3.95. The summed E-state index contributed by atoms with van der Waals surface area (Å²) >= 11 is 0. The van der Waals surface area contributed by atoms with Crippen molar-refractivity contribution in [3.8, 4) is 0 Å². The number of hydrogen-bond donors (Lipinski definition) is 1. The third-order valence-corrected chi connectivity index (χ3v) is 4.67. The third-order valence-electron chi connectivity index (χ3n) is 4.67. The second-order valence-electron chi connectivity index (χ2n) is 6.37. The van der Waals surface area contributed by atoms with Gasteiger partial charge in [-0.3, -0.25) is 14.9 Å². The molecule has 26 heavy (non-hydrogen) atoms. The number of nitrogens with zero attached hydrogens (tertiary/aromatic N) is 2. The highest BCUT2D eigenvalue weighted by Gasteiger charge is 2.44. The third kappa shape index (κ3) is 2.54. The number of esters is 1. The number of carbonyl (C=O) groups excluding carboxylic acids is 2. The van der Waals surface area contributed by atoms with Crippen molar-refractivity contribution in [2.24, 2.45) is 5.92 Å². The lowest BCUT2D eigenvalue weighted by Gasteiger charge is -2.32. The first-order valence-corrected chi connectivity index (χ1v) is 8.61. The molecule has 0 spiro atoms. The summed E-state index contributed by atoms with van der Waals surface area (Å²) in [6.07, 6.45) is 0. The van der Waals surface area contributed by atoms with E-state index in [0.717, 1.165) is 22.2 Å². The van der Waals surface area contributed by atoms with Crippen molar-refractivity contribution in [3.05, 3.63) is 59.7 Å². The van der Waals surface area contributed by atoms with Crippen molar-refractivity contribution < 1.29 is 14.3 Å². The SMILES string of the molecule is CCOC(=O)[C@@H]1C(=O)Nc2nc3ccccc3n2[C@@H]1c1ccc(C)cc1. The van der Waals surface area contributed by atoms with E-state index in [1.807, 2.05) is 60.0 Å². The molecule has 0 fully saturated rings. The number of hydrogen-bond acceptors (Lipinski definition) is 4. The number of anilines is 1. The predicted molar refractivity (Wildman–Crippen MR) is 97.8 cm³/mol. The minimum absolute atomic E-state index is 0.223. The van der Waals surface area contributed by atoms with Crippen LogP contribution >= 0.6 is 0 Å². The second kappa shape index (κ2) is 6.29. The summed E-state index contributed by atoms with van der Waals surface area (Å²) in [7, 11) is 0. The molecule has 0 aliphatic carbocycles. The lowest BCUT2D eigenvalue weighted by Crippen LogP contribution is -2.43. The fourth-order valence-corrected chi connectivity index (χ4v) is 3.47. The van der Waals surface area contributed by atoms with Gasteiger partial charge in [-0.2, -0.15) is 0 Å². The Labute approximate surface area is 150 Å². The molecule has 3 aromatic rings. The molecule has 1 N–H and O–H groups in total. The molecular formula is C20H19N3O3. The maximum atomic E-state index is 12.7. The molecule has 6 heteroatoms. The van der Waals surface area contributed by atoms with Gasteiger partial charge in [0.2, 0.25) is 11.9 Å². The molecule has 0 radical (unpaired) electrons. The van der Waals surface area contributed by atoms with Crippen LogP contribution in [-0.4, -0.2) is 28.0 Å². The predicted octanol–water partition coefficient (Wildman–Crippen LogP) is 3.07. The van der Waals surface area contributed by atoms with Gasteiger partial charge in [0, 0.05) is 0 Å². The Morgan fingerprint density at radius 2 is 1.92 bits per heavy atom. The van der Waals surface area contributed by atoms with Crippen molar-refractivity contribution in [3.63, 3.8) is 0 Å². The lowest BCUT2D eigenvalue weighted by molar-refractivity contribution is -0.152. The van der Waals surface area contributed by atoms with E-state index in [2.05, 4.69) is 10.3 Å². The number of aryl methyl sites for hydroxylation is 1. The van der Waals surface area contributed by atoms with Gasteiger partial charge < -0.3 is 9.30 Å². The summed E-state index contributed by atoms with van der Waals surface area (Å²) in [5.41, 5.74) is 3.61. The van der Waals surface area contributed by atoms with Crippen LogP contribution in [0.5, 0.6) is 0 Å². The molecule has 1 aliphatic heterocycles.